The first-order chi connectivity index (χ1) is 23.8. The number of halogens is 2. The average Bonchev–Trinajstić information content (AvgIpc) is 3.77. The highest BCUT2D eigenvalue weighted by Gasteiger charge is 2.49. The van der Waals surface area contributed by atoms with Gasteiger partial charge in [-0.05, 0) is 44.3 Å². The zero-order valence-electron chi connectivity index (χ0n) is 27.7. The summed E-state index contributed by atoms with van der Waals surface area (Å²) in [4.78, 5) is 46.6. The molecule has 1 aromatic heterocycles. The smallest absolute Gasteiger partial charge is 0.419 e. The molecule has 0 saturated heterocycles. The van der Waals surface area contributed by atoms with Crippen LogP contribution in [0.3, 0.4) is 0 Å². The quantitative estimate of drug-likeness (QED) is 0.105. The lowest BCUT2D eigenvalue weighted by atomic mass is 9.81. The number of aromatic nitrogens is 1. The number of nitriles is 1. The number of aliphatic hydroxyl groups is 1. The van der Waals surface area contributed by atoms with Crippen LogP contribution >= 0.6 is 11.3 Å². The topological polar surface area (TPSA) is 176 Å². The van der Waals surface area contributed by atoms with Crippen LogP contribution in [0.1, 0.15) is 42.8 Å². The van der Waals surface area contributed by atoms with E-state index in [1.807, 2.05) is 0 Å². The number of likely N-dealkylation sites (N-methyl/N-ethyl adjacent to an activating group) is 1. The van der Waals surface area contributed by atoms with Crippen molar-refractivity contribution in [1.29, 1.82) is 5.26 Å². The molecule has 2 unspecified atom stereocenters. The van der Waals surface area contributed by atoms with E-state index in [-0.39, 0.29) is 25.3 Å². The zero-order chi connectivity index (χ0) is 36.5. The molecule has 1 aliphatic rings. The molecule has 0 saturated carbocycles. The van der Waals surface area contributed by atoms with Crippen molar-refractivity contribution in [1.82, 2.24) is 15.2 Å². The van der Waals surface area contributed by atoms with Gasteiger partial charge >= 0.3 is 18.2 Å². The van der Waals surface area contributed by atoms with Crippen LogP contribution in [0.5, 0.6) is 0 Å². The van der Waals surface area contributed by atoms with Crippen LogP contribution < -0.4 is 5.32 Å². The highest BCUT2D eigenvalue weighted by atomic mass is 32.1. The molecular weight excluding hydrogens is 676 g/mol. The minimum absolute atomic E-state index is 0.0486. The average molecular weight is 713 g/mol. The molecule has 50 heavy (non-hydrogen) atoms. The second kappa shape index (κ2) is 16.5. The van der Waals surface area contributed by atoms with E-state index in [0.29, 0.717) is 26.7 Å². The van der Waals surface area contributed by atoms with Crippen molar-refractivity contribution in [2.75, 3.05) is 39.9 Å². The second-order valence-corrected chi connectivity index (χ2v) is 12.1. The number of imide groups is 1. The summed E-state index contributed by atoms with van der Waals surface area (Å²) in [6.45, 7) is 2.93. The molecule has 2 amide bonds. The molecular formula is C33H36F2N7O7S+. The van der Waals surface area contributed by atoms with Gasteiger partial charge in [0.05, 0.1) is 35.5 Å². The van der Waals surface area contributed by atoms with Gasteiger partial charge in [-0.1, -0.05) is 24.2 Å². The maximum absolute atomic E-state index is 15.5. The van der Waals surface area contributed by atoms with Crippen LogP contribution in [-0.2, 0) is 24.6 Å². The van der Waals surface area contributed by atoms with E-state index >= 15 is 4.39 Å². The molecule has 264 valence electrons. The molecule has 0 fully saturated rings. The molecule has 2 N–H and O–H groups in total. The summed E-state index contributed by atoms with van der Waals surface area (Å²) in [7, 11) is 1.46. The van der Waals surface area contributed by atoms with Crippen LogP contribution in [0.4, 0.5) is 18.4 Å². The number of quaternary nitrogens is 1. The van der Waals surface area contributed by atoms with Crippen LogP contribution in [0.15, 0.2) is 57.9 Å². The predicted octanol–water partition coefficient (Wildman–Crippen LogP) is 4.46. The Labute approximate surface area is 290 Å². The summed E-state index contributed by atoms with van der Waals surface area (Å²) in [5.74, 6) is -3.24. The number of benzene rings is 2. The normalized spacial score (nSPS) is 17.3. The number of amides is 2. The number of aliphatic imine (C=N–C) groups is 1. The molecule has 2 heterocycles. The van der Waals surface area contributed by atoms with E-state index in [1.54, 1.807) is 43.5 Å². The van der Waals surface area contributed by atoms with Crippen LogP contribution in [0.25, 0.3) is 11.3 Å². The Morgan fingerprint density at radius 1 is 1.16 bits per heavy atom. The van der Waals surface area contributed by atoms with Gasteiger partial charge in [-0.15, -0.1) is 15.9 Å². The van der Waals surface area contributed by atoms with Crippen molar-refractivity contribution in [3.05, 3.63) is 75.6 Å². The summed E-state index contributed by atoms with van der Waals surface area (Å²) in [6, 6.07) is 11.6. The van der Waals surface area contributed by atoms with Gasteiger partial charge in [-0.25, -0.2) is 28.3 Å². The van der Waals surface area contributed by atoms with Gasteiger partial charge in [0.2, 0.25) is 6.34 Å². The Balaban J connectivity index is 1.61. The molecule has 14 nitrogen and oxygen atoms in total. The number of esters is 1. The van der Waals surface area contributed by atoms with Gasteiger partial charge in [0.25, 0.3) is 0 Å². The van der Waals surface area contributed by atoms with Crippen molar-refractivity contribution in [2.45, 2.75) is 38.5 Å². The Morgan fingerprint density at radius 3 is 2.50 bits per heavy atom. The SMILES string of the molecule is CCOC(=O)N(CC(NC)OC(C)=O)C(=O)OCC[N+]1(C[C@](O)(c2cc(F)ccc2F)[C@@H](C)c2nc(-c3ccc(C#N)cc3)cs2)C=NC=N1. The van der Waals surface area contributed by atoms with Crippen molar-refractivity contribution in [2.24, 2.45) is 10.1 Å². The van der Waals surface area contributed by atoms with Gasteiger partial charge in [0.1, 0.15) is 31.3 Å². The Bertz CT molecular complexity index is 1790. The lowest BCUT2D eigenvalue weighted by Gasteiger charge is -2.38. The van der Waals surface area contributed by atoms with Crippen LogP contribution in [0, 0.1) is 23.0 Å². The molecule has 4 atom stereocenters. The van der Waals surface area contributed by atoms with E-state index in [0.717, 1.165) is 18.2 Å². The molecule has 1 aliphatic heterocycles. The molecule has 17 heteroatoms. The Morgan fingerprint density at radius 2 is 1.88 bits per heavy atom. The number of nitrogens with zero attached hydrogens (tertiary/aromatic N) is 6. The second-order valence-electron chi connectivity index (χ2n) is 11.2. The molecule has 4 rings (SSSR count). The van der Waals surface area contributed by atoms with Crippen molar-refractivity contribution < 1.29 is 47.1 Å². The molecule has 0 aliphatic carbocycles. The first-order valence-corrected chi connectivity index (χ1v) is 16.3. The maximum atomic E-state index is 15.5. The van der Waals surface area contributed by atoms with E-state index in [9.17, 15) is 23.9 Å². The van der Waals surface area contributed by atoms with Crippen LogP contribution in [0.2, 0.25) is 0 Å². The lowest BCUT2D eigenvalue weighted by molar-refractivity contribution is -0.848. The summed E-state index contributed by atoms with van der Waals surface area (Å²) in [6.07, 6.45) is -0.648. The number of carbonyl (C=O) groups is 3. The Kier molecular flexibility index (Phi) is 12.4. The maximum Gasteiger partial charge on any atom is 0.419 e. The van der Waals surface area contributed by atoms with E-state index < -0.39 is 65.2 Å². The van der Waals surface area contributed by atoms with Crippen molar-refractivity contribution >= 4 is 42.2 Å². The third kappa shape index (κ3) is 8.90. The Hall–Kier alpha value is -5.15. The zero-order valence-corrected chi connectivity index (χ0v) is 28.5. The fourth-order valence-electron chi connectivity index (χ4n) is 5.18. The summed E-state index contributed by atoms with van der Waals surface area (Å²) in [5, 5.41) is 30.8. The number of carbonyl (C=O) groups excluding carboxylic acids is 3. The highest BCUT2D eigenvalue weighted by molar-refractivity contribution is 7.10. The third-order valence-electron chi connectivity index (χ3n) is 7.85. The van der Waals surface area contributed by atoms with E-state index in [4.69, 9.17) is 19.5 Å². The predicted molar refractivity (Wildman–Crippen MR) is 178 cm³/mol. The minimum atomic E-state index is -2.15. The van der Waals surface area contributed by atoms with E-state index in [2.05, 4.69) is 26.5 Å². The minimum Gasteiger partial charge on any atom is -0.449 e. The summed E-state index contributed by atoms with van der Waals surface area (Å²) in [5.41, 5.74) is -0.752. The fraction of sp³-hybridized carbons (Fsp3) is 0.364. The summed E-state index contributed by atoms with van der Waals surface area (Å²) < 4.78 is 45.0. The van der Waals surface area contributed by atoms with Gasteiger partial charge in [0, 0.05) is 29.3 Å². The van der Waals surface area contributed by atoms with Gasteiger partial charge in [0.15, 0.2) is 18.2 Å². The van der Waals surface area contributed by atoms with E-state index in [1.165, 1.54) is 38.0 Å². The first kappa shape index (κ1) is 37.7. The fourth-order valence-corrected chi connectivity index (χ4v) is 6.15. The van der Waals surface area contributed by atoms with Crippen molar-refractivity contribution in [3.63, 3.8) is 0 Å². The number of nitrogens with one attached hydrogen (secondary N) is 1. The van der Waals surface area contributed by atoms with Crippen molar-refractivity contribution in [3.8, 4) is 17.3 Å². The summed E-state index contributed by atoms with van der Waals surface area (Å²) >= 11 is 1.21. The third-order valence-corrected chi connectivity index (χ3v) is 8.88. The number of rotatable bonds is 14. The molecule has 2 aromatic carbocycles. The number of thiazole rings is 1. The van der Waals surface area contributed by atoms with Gasteiger partial charge < -0.3 is 19.3 Å². The molecule has 3 aromatic rings. The monoisotopic (exact) mass is 712 g/mol. The molecule has 0 bridgehead atoms. The first-order valence-electron chi connectivity index (χ1n) is 15.4. The molecule has 0 radical (unpaired) electrons. The number of hydrogen-bond acceptors (Lipinski definition) is 13. The van der Waals surface area contributed by atoms with Gasteiger partial charge in [-0.2, -0.15) is 10.3 Å². The standard InChI is InChI=1S/C33H36F2N7O7S/c1-5-47-31(44)41(16-29(37-4)49-22(3)43)32(45)48-13-12-42(20-38-19-39-42)18-33(46,26-14-25(34)10-11-27(26)35)21(2)30-40-28(17-50-30)24-8-6-23(15-36)7-9-24/h6-11,14,17,19-21,29,37,46H,5,12-13,16,18H2,1-4H3/q+1/t21-,29?,33+,42?/m0/s1. The largest absolute Gasteiger partial charge is 0.449 e. The number of hydrogen-bond donors (Lipinski definition) is 2. The lowest BCUT2D eigenvalue weighted by Crippen LogP contribution is -2.54. The van der Waals surface area contributed by atoms with Gasteiger partial charge in [-0.3, -0.25) is 10.1 Å². The molecule has 0 spiro atoms. The highest BCUT2D eigenvalue weighted by Crippen LogP contribution is 2.42. The van der Waals surface area contributed by atoms with Crippen LogP contribution in [-0.4, -0.2) is 96.5 Å². The number of ether oxygens (including phenoxy) is 3.